The van der Waals surface area contributed by atoms with Gasteiger partial charge in [-0.1, -0.05) is 302 Å². The lowest BCUT2D eigenvalue weighted by Crippen LogP contribution is -2.29. The summed E-state index contributed by atoms with van der Waals surface area (Å²) < 4.78 is 2.64. The number of fused-ring (bicyclic) bond motifs is 11. The van der Waals surface area contributed by atoms with Crippen LogP contribution < -0.4 is 0 Å². The number of benzene rings is 6. The van der Waals surface area contributed by atoms with E-state index in [2.05, 4.69) is 185 Å². The van der Waals surface area contributed by atoms with Crippen LogP contribution in [0.15, 0.2) is 204 Å². The summed E-state index contributed by atoms with van der Waals surface area (Å²) >= 11 is 11.0. The highest BCUT2D eigenvalue weighted by atomic mass is 32.1. The molecule has 6 aromatic heterocycles. The number of nitrogens with zero attached hydrogens (tertiary/aromatic N) is 4. The molecule has 6 nitrogen and oxygen atoms in total. The second-order valence-electron chi connectivity index (χ2n) is 32.6. The van der Waals surface area contributed by atoms with E-state index in [1.165, 1.54) is 224 Å². The Morgan fingerprint density at radius 3 is 0.898 bits per heavy atom. The molecule has 0 amide bonds. The summed E-state index contributed by atoms with van der Waals surface area (Å²) in [7, 11) is 0. The molecule has 6 heterocycles. The number of unbranched alkanes of at least 4 members (excludes halogenated alkanes) is 20. The maximum atomic E-state index is 14.4. The van der Waals surface area contributed by atoms with Crippen LogP contribution in [-0.4, -0.2) is 11.6 Å². The van der Waals surface area contributed by atoms with Gasteiger partial charge in [-0.2, -0.15) is 21.0 Å². The maximum Gasteiger partial charge on any atom is 0.194 e. The fraction of sp³-hybridized carbons (Fsp3) is 0.321. The number of aryl methyl sites for hydroxylation is 4. The predicted octanol–water partition coefficient (Wildman–Crippen LogP) is 31.0. The number of hydrogen-bond acceptors (Lipinski definition) is 12. The highest BCUT2D eigenvalue weighted by molar-refractivity contribution is 7.35. The summed E-state index contributed by atoms with van der Waals surface area (Å²) in [6.45, 7) is 9.16. The minimum atomic E-state index is -0.759. The molecule has 16 rings (SSSR count). The zero-order chi connectivity index (χ0) is 81.3. The van der Waals surface area contributed by atoms with E-state index in [-0.39, 0.29) is 22.7 Å². The molecule has 0 spiro atoms. The molecule has 592 valence electrons. The molecule has 4 aliphatic rings. The van der Waals surface area contributed by atoms with Gasteiger partial charge in [0.05, 0.1) is 39.7 Å². The summed E-state index contributed by atoms with van der Waals surface area (Å²) in [4.78, 5) is 40.2. The van der Waals surface area contributed by atoms with Crippen molar-refractivity contribution in [2.75, 3.05) is 0 Å². The number of Topliss-reactive ketones (excluding diaryl/α,β-unsaturated/α-hetero) is 2. The molecule has 0 saturated carbocycles. The van der Waals surface area contributed by atoms with Crippen LogP contribution >= 0.6 is 68.0 Å². The summed E-state index contributed by atoms with van der Waals surface area (Å²) in [5.41, 5.74) is 17.8. The fourth-order valence-electron chi connectivity index (χ4n) is 18.9. The van der Waals surface area contributed by atoms with Crippen LogP contribution in [0.25, 0.3) is 71.7 Å². The van der Waals surface area contributed by atoms with Gasteiger partial charge in [0.25, 0.3) is 0 Å². The third-order valence-electron chi connectivity index (χ3n) is 25.0. The van der Waals surface area contributed by atoms with Gasteiger partial charge in [0, 0.05) is 73.8 Å². The Morgan fingerprint density at radius 2 is 0.602 bits per heavy atom. The molecule has 0 radical (unpaired) electrons. The number of ketones is 2. The van der Waals surface area contributed by atoms with Crippen molar-refractivity contribution in [3.63, 3.8) is 0 Å². The molecule has 0 unspecified atom stereocenters. The van der Waals surface area contributed by atoms with E-state index in [0.29, 0.717) is 44.5 Å². The quantitative estimate of drug-likeness (QED) is 0.0218. The molecule has 0 saturated heterocycles. The molecule has 118 heavy (non-hydrogen) atoms. The third-order valence-corrected chi connectivity index (χ3v) is 32.5. The van der Waals surface area contributed by atoms with E-state index in [1.807, 2.05) is 93.9 Å². The highest BCUT2D eigenvalue weighted by Gasteiger charge is 2.55. The second kappa shape index (κ2) is 37.1. The summed E-state index contributed by atoms with van der Waals surface area (Å²) in [5, 5.41) is 41.3. The molecule has 0 N–H and O–H groups in total. The van der Waals surface area contributed by atoms with Crippen molar-refractivity contribution in [3.05, 3.63) is 303 Å². The van der Waals surface area contributed by atoms with E-state index in [9.17, 15) is 30.6 Å². The Morgan fingerprint density at radius 1 is 0.314 bits per heavy atom. The SMILES string of the molecule is CCCCCCCCc1ccc(C2(c3ccc(CCCCCCCC)cc3)c3cc(-c4ccc(/C=C5\C(=O)c6ccccc6C5=C(C#N)C#N)s4)sc3-c3sc4c5c(sc4c32)-c2sc(-c3ccc(/C=C4\C(=O)c6ccccc6C4=C(C#N)C#N)s3)cc2C5(c2ccc(CCCCCCCC)cc2)c2ccc(CCCCCCCC)cc2)cc1. The maximum absolute atomic E-state index is 14.4. The number of carbonyl (C=O) groups excluding carboxylic acids is 2. The van der Waals surface area contributed by atoms with E-state index < -0.39 is 10.8 Å². The molecular weight excluding hydrogens is 1550 g/mol. The zero-order valence-electron chi connectivity index (χ0n) is 68.3. The lowest BCUT2D eigenvalue weighted by molar-refractivity contribution is 0.103. The first-order valence-electron chi connectivity index (χ1n) is 43.3. The number of thiophene rings is 6. The van der Waals surface area contributed by atoms with Crippen molar-refractivity contribution in [1.82, 2.24) is 0 Å². The van der Waals surface area contributed by atoms with Gasteiger partial charge >= 0.3 is 0 Å². The molecule has 4 aliphatic carbocycles. The summed E-state index contributed by atoms with van der Waals surface area (Å²) in [6.07, 6.45) is 37.7. The van der Waals surface area contributed by atoms with Gasteiger partial charge in [0.2, 0.25) is 0 Å². The normalized spacial score (nSPS) is 14.5. The highest BCUT2D eigenvalue weighted by Crippen LogP contribution is 2.71. The van der Waals surface area contributed by atoms with E-state index >= 15 is 0 Å². The van der Waals surface area contributed by atoms with Crippen LogP contribution in [0.2, 0.25) is 0 Å². The van der Waals surface area contributed by atoms with Crippen LogP contribution in [-0.2, 0) is 36.5 Å². The van der Waals surface area contributed by atoms with Gasteiger partial charge in [-0.25, -0.2) is 0 Å². The monoisotopic (exact) mass is 1650 g/mol. The number of rotatable bonds is 36. The molecule has 6 aromatic carbocycles. The van der Waals surface area contributed by atoms with E-state index in [4.69, 9.17) is 0 Å². The van der Waals surface area contributed by atoms with Gasteiger partial charge < -0.3 is 0 Å². The first-order valence-corrected chi connectivity index (χ1v) is 48.2. The Hall–Kier alpha value is -9.96. The predicted molar refractivity (Wildman–Crippen MR) is 499 cm³/mol. The Labute approximate surface area is 721 Å². The lowest BCUT2D eigenvalue weighted by Gasteiger charge is -2.34. The topological polar surface area (TPSA) is 129 Å². The van der Waals surface area contributed by atoms with Crippen molar-refractivity contribution >= 4 is 112 Å². The lowest BCUT2D eigenvalue weighted by atomic mass is 9.67. The van der Waals surface area contributed by atoms with Crippen molar-refractivity contribution in [1.29, 1.82) is 21.0 Å². The van der Waals surface area contributed by atoms with Crippen LogP contribution in [0.5, 0.6) is 0 Å². The minimum Gasteiger partial charge on any atom is -0.289 e. The van der Waals surface area contributed by atoms with Gasteiger partial charge in [0.15, 0.2) is 11.6 Å². The third kappa shape index (κ3) is 15.6. The van der Waals surface area contributed by atoms with Crippen LogP contribution in [0.3, 0.4) is 0 Å². The molecular formula is C106H100N4O2S6. The number of hydrogen-bond donors (Lipinski definition) is 0. The Balaban J connectivity index is 0.911. The largest absolute Gasteiger partial charge is 0.289 e. The molecule has 0 fully saturated rings. The van der Waals surface area contributed by atoms with Gasteiger partial charge in [-0.05, 0) is 167 Å². The average molecular weight is 1650 g/mol. The second-order valence-corrected chi connectivity index (χ2v) is 38.9. The standard InChI is InChI=1S/C106H100N4O2S6/c1-5-9-13-17-21-25-33-69-41-49-75(50-42-69)105(76-51-43-70(44-52-76)34-26-22-18-14-10-6-2)87-63-91(89-59-57-79(113-89)61-85-93(73(65-107)66-108)81-37-29-31-39-83(81)97(85)111)115-99(87)101-95(105)103-104(117-101)96-102(118-103)100-88(64-92(116-100)90-60-58-80(114-90)62-86-94(74(67-109)68-110)82-38-30-32-40-84(82)98(86)112)106(96,77-53-45-71(46-54-77)35-27-23-19-15-11-7-3)78-55-47-72(48-56-78)36-28-24-20-16-12-8-4/h29-32,37-64H,5-28,33-36H2,1-4H3/b85-61-,86-62-. The molecule has 12 aromatic rings. The summed E-state index contributed by atoms with van der Waals surface area (Å²) in [6, 6.07) is 76.0. The molecule has 12 heteroatoms. The van der Waals surface area contributed by atoms with Crippen LogP contribution in [0, 0.1) is 45.3 Å². The van der Waals surface area contributed by atoms with Crippen molar-refractivity contribution < 1.29 is 9.59 Å². The van der Waals surface area contributed by atoms with Crippen molar-refractivity contribution in [2.45, 2.75) is 218 Å². The van der Waals surface area contributed by atoms with Crippen molar-refractivity contribution in [3.8, 4) is 63.3 Å². The minimum absolute atomic E-state index is 0.0711. The van der Waals surface area contributed by atoms with E-state index in [1.54, 1.807) is 34.8 Å². The smallest absolute Gasteiger partial charge is 0.194 e. The van der Waals surface area contributed by atoms with Gasteiger partial charge in [-0.15, -0.1) is 68.0 Å². The Kier molecular flexibility index (Phi) is 25.7. The van der Waals surface area contributed by atoms with Gasteiger partial charge in [-0.3, -0.25) is 9.59 Å². The molecule has 0 aliphatic heterocycles. The van der Waals surface area contributed by atoms with Crippen LogP contribution in [0.1, 0.15) is 290 Å². The summed E-state index contributed by atoms with van der Waals surface area (Å²) in [5.74, 6) is -0.370. The fourth-order valence-corrected chi connectivity index (χ4v) is 26.8. The first-order chi connectivity index (χ1) is 58.0. The number of carbonyl (C=O) groups is 2. The Bertz CT molecular complexity index is 5520. The first kappa shape index (κ1) is 81.8. The number of nitriles is 4. The molecule has 0 bridgehead atoms. The average Bonchev–Trinajstić information content (AvgIpc) is 1.48. The molecule has 0 atom stereocenters. The van der Waals surface area contributed by atoms with Crippen molar-refractivity contribution in [2.24, 2.45) is 0 Å². The van der Waals surface area contributed by atoms with Crippen LogP contribution in [0.4, 0.5) is 0 Å². The van der Waals surface area contributed by atoms with E-state index in [0.717, 1.165) is 80.6 Å². The number of allylic oxidation sites excluding steroid dienone is 6. The van der Waals surface area contributed by atoms with Gasteiger partial charge in [0.1, 0.15) is 35.4 Å². The zero-order valence-corrected chi connectivity index (χ0v) is 73.2.